The van der Waals surface area contributed by atoms with Crippen LogP contribution in [0.15, 0.2) is 52.5 Å². The Morgan fingerprint density at radius 2 is 2.05 bits per heavy atom. The second-order valence-electron chi connectivity index (χ2n) is 3.75. The second-order valence-corrected chi connectivity index (χ2v) is 4.81. The van der Waals surface area contributed by atoms with Gasteiger partial charge in [-0.1, -0.05) is 11.8 Å². The number of hydrogen-bond donors (Lipinski definition) is 1. The zero-order valence-corrected chi connectivity index (χ0v) is 11.3. The van der Waals surface area contributed by atoms with Gasteiger partial charge in [0.2, 0.25) is 0 Å². The van der Waals surface area contributed by atoms with E-state index >= 15 is 0 Å². The molecule has 1 heterocycles. The normalized spacial score (nSPS) is 10.2. The molecule has 1 aromatic heterocycles. The van der Waals surface area contributed by atoms with E-state index in [0.29, 0.717) is 22.9 Å². The van der Waals surface area contributed by atoms with Crippen LogP contribution in [0.4, 0.5) is 5.69 Å². The number of aromatic nitrogens is 1. The Hall–Kier alpha value is -2.01. The van der Waals surface area contributed by atoms with Gasteiger partial charge in [0.05, 0.1) is 12.2 Å². The van der Waals surface area contributed by atoms with E-state index in [9.17, 15) is 4.79 Å². The molecule has 2 rings (SSSR count). The van der Waals surface area contributed by atoms with Gasteiger partial charge >= 0.3 is 5.97 Å². The molecule has 98 valence electrons. The molecule has 0 radical (unpaired) electrons. The summed E-state index contributed by atoms with van der Waals surface area (Å²) in [6.07, 6.45) is 1.66. The van der Waals surface area contributed by atoms with Crippen LogP contribution < -0.4 is 5.73 Å². The van der Waals surface area contributed by atoms with Crippen molar-refractivity contribution in [1.29, 1.82) is 0 Å². The van der Waals surface area contributed by atoms with Crippen molar-refractivity contribution in [1.82, 2.24) is 4.98 Å². The maximum Gasteiger partial charge on any atom is 0.340 e. The van der Waals surface area contributed by atoms with Crippen molar-refractivity contribution in [2.75, 3.05) is 12.3 Å². The Morgan fingerprint density at radius 3 is 2.74 bits per heavy atom. The van der Waals surface area contributed by atoms with E-state index < -0.39 is 0 Å². The lowest BCUT2D eigenvalue weighted by molar-refractivity contribution is 0.0521. The topological polar surface area (TPSA) is 65.2 Å². The van der Waals surface area contributed by atoms with E-state index in [1.807, 2.05) is 24.3 Å². The molecule has 0 aliphatic carbocycles. The zero-order valence-electron chi connectivity index (χ0n) is 10.5. The van der Waals surface area contributed by atoms with E-state index in [0.717, 1.165) is 4.90 Å². The molecule has 0 saturated heterocycles. The summed E-state index contributed by atoms with van der Waals surface area (Å²) >= 11 is 1.41. The molecular formula is C14H14N2O2S. The fraction of sp³-hybridized carbons (Fsp3) is 0.143. The Balaban J connectivity index is 2.24. The summed E-state index contributed by atoms with van der Waals surface area (Å²) in [5.74, 6) is -0.353. The monoisotopic (exact) mass is 274 g/mol. The van der Waals surface area contributed by atoms with Crippen LogP contribution in [-0.4, -0.2) is 17.6 Å². The lowest BCUT2D eigenvalue weighted by atomic mass is 10.3. The first-order valence-electron chi connectivity index (χ1n) is 5.86. The third-order valence-corrected chi connectivity index (χ3v) is 3.39. The van der Waals surface area contributed by atoms with Crippen LogP contribution in [0.1, 0.15) is 17.3 Å². The predicted octanol–water partition coefficient (Wildman–Crippen LogP) is 2.99. The molecule has 5 heteroatoms. The first kappa shape index (κ1) is 13.4. The highest BCUT2D eigenvalue weighted by Gasteiger charge is 2.14. The molecule has 4 nitrogen and oxygen atoms in total. The number of nitrogen functional groups attached to an aromatic ring is 1. The number of nitrogens with two attached hydrogens (primary N) is 1. The molecule has 0 saturated carbocycles. The van der Waals surface area contributed by atoms with Gasteiger partial charge in [0.15, 0.2) is 0 Å². The molecule has 0 unspecified atom stereocenters. The largest absolute Gasteiger partial charge is 0.462 e. The van der Waals surface area contributed by atoms with Crippen LogP contribution in [-0.2, 0) is 4.74 Å². The van der Waals surface area contributed by atoms with E-state index in [4.69, 9.17) is 10.5 Å². The van der Waals surface area contributed by atoms with Crippen molar-refractivity contribution >= 4 is 23.4 Å². The van der Waals surface area contributed by atoms with Gasteiger partial charge < -0.3 is 10.5 Å². The van der Waals surface area contributed by atoms with Gasteiger partial charge in [-0.15, -0.1) is 0 Å². The first-order valence-corrected chi connectivity index (χ1v) is 6.68. The standard InChI is InChI=1S/C14H14N2O2S/c1-2-18-14(17)12-4-3-9-16-13(12)19-11-7-5-10(15)6-8-11/h3-9H,2,15H2,1H3. The number of nitrogens with zero attached hydrogens (tertiary/aromatic N) is 1. The summed E-state index contributed by atoms with van der Waals surface area (Å²) < 4.78 is 5.01. The van der Waals surface area contributed by atoms with Crippen LogP contribution in [0.2, 0.25) is 0 Å². The molecule has 1 aromatic carbocycles. The summed E-state index contributed by atoms with van der Waals surface area (Å²) in [7, 11) is 0. The predicted molar refractivity (Wildman–Crippen MR) is 75.2 cm³/mol. The summed E-state index contributed by atoms with van der Waals surface area (Å²) in [6.45, 7) is 2.13. The van der Waals surface area contributed by atoms with Crippen LogP contribution >= 0.6 is 11.8 Å². The van der Waals surface area contributed by atoms with Crippen LogP contribution in [0, 0.1) is 0 Å². The van der Waals surface area contributed by atoms with Crippen molar-refractivity contribution in [3.63, 3.8) is 0 Å². The Kier molecular flexibility index (Phi) is 4.41. The van der Waals surface area contributed by atoms with Crippen molar-refractivity contribution in [3.05, 3.63) is 48.2 Å². The molecule has 0 spiro atoms. The zero-order chi connectivity index (χ0) is 13.7. The van der Waals surface area contributed by atoms with Gasteiger partial charge in [-0.25, -0.2) is 9.78 Å². The van der Waals surface area contributed by atoms with Gasteiger partial charge in [-0.05, 0) is 43.3 Å². The SMILES string of the molecule is CCOC(=O)c1cccnc1Sc1ccc(N)cc1. The van der Waals surface area contributed by atoms with E-state index in [1.54, 1.807) is 25.3 Å². The molecule has 0 aliphatic heterocycles. The Labute approximate surface area is 116 Å². The summed E-state index contributed by atoms with van der Waals surface area (Å²) in [4.78, 5) is 17.0. The molecule has 19 heavy (non-hydrogen) atoms. The molecule has 0 atom stereocenters. The highest BCUT2D eigenvalue weighted by molar-refractivity contribution is 7.99. The fourth-order valence-corrected chi connectivity index (χ4v) is 2.35. The molecular weight excluding hydrogens is 260 g/mol. The molecule has 0 aliphatic rings. The van der Waals surface area contributed by atoms with Crippen LogP contribution in [0.3, 0.4) is 0 Å². The third kappa shape index (κ3) is 3.48. The lowest BCUT2D eigenvalue weighted by Crippen LogP contribution is -2.06. The van der Waals surface area contributed by atoms with Gasteiger partial charge in [0.25, 0.3) is 0 Å². The number of pyridine rings is 1. The van der Waals surface area contributed by atoms with E-state index in [2.05, 4.69) is 4.98 Å². The number of carbonyl (C=O) groups is 1. The minimum Gasteiger partial charge on any atom is -0.462 e. The number of hydrogen-bond acceptors (Lipinski definition) is 5. The number of ether oxygens (including phenoxy) is 1. The van der Waals surface area contributed by atoms with Crippen molar-refractivity contribution in [3.8, 4) is 0 Å². The van der Waals surface area contributed by atoms with Crippen LogP contribution in [0.5, 0.6) is 0 Å². The first-order chi connectivity index (χ1) is 9.20. The van der Waals surface area contributed by atoms with E-state index in [1.165, 1.54) is 11.8 Å². The number of anilines is 1. The Morgan fingerprint density at radius 1 is 1.32 bits per heavy atom. The highest BCUT2D eigenvalue weighted by atomic mass is 32.2. The quantitative estimate of drug-likeness (QED) is 0.686. The van der Waals surface area contributed by atoms with Gasteiger partial charge in [-0.2, -0.15) is 0 Å². The molecule has 0 amide bonds. The maximum atomic E-state index is 11.8. The minimum absolute atomic E-state index is 0.347. The lowest BCUT2D eigenvalue weighted by Gasteiger charge is -2.07. The summed E-state index contributed by atoms with van der Waals surface area (Å²) in [6, 6.07) is 10.8. The van der Waals surface area contributed by atoms with Crippen molar-refractivity contribution in [2.45, 2.75) is 16.8 Å². The number of carbonyl (C=O) groups excluding carboxylic acids is 1. The summed E-state index contributed by atoms with van der Waals surface area (Å²) in [5.41, 5.74) is 6.82. The maximum absolute atomic E-state index is 11.8. The van der Waals surface area contributed by atoms with Gasteiger partial charge in [0, 0.05) is 16.8 Å². The molecule has 2 aromatic rings. The average molecular weight is 274 g/mol. The molecule has 2 N–H and O–H groups in total. The fourth-order valence-electron chi connectivity index (χ4n) is 1.48. The molecule has 0 fully saturated rings. The van der Waals surface area contributed by atoms with Gasteiger partial charge in [-0.3, -0.25) is 0 Å². The number of benzene rings is 1. The highest BCUT2D eigenvalue weighted by Crippen LogP contribution is 2.29. The smallest absolute Gasteiger partial charge is 0.340 e. The Bertz CT molecular complexity index is 570. The van der Waals surface area contributed by atoms with Gasteiger partial charge in [0.1, 0.15) is 5.03 Å². The molecule has 0 bridgehead atoms. The number of rotatable bonds is 4. The number of esters is 1. The minimum atomic E-state index is -0.353. The average Bonchev–Trinajstić information content (AvgIpc) is 2.42. The van der Waals surface area contributed by atoms with E-state index in [-0.39, 0.29) is 5.97 Å². The van der Waals surface area contributed by atoms with Crippen LogP contribution in [0.25, 0.3) is 0 Å². The summed E-state index contributed by atoms with van der Waals surface area (Å²) in [5, 5.41) is 0.630. The second kappa shape index (κ2) is 6.24. The third-order valence-electron chi connectivity index (χ3n) is 2.36. The van der Waals surface area contributed by atoms with Crippen molar-refractivity contribution < 1.29 is 9.53 Å². The van der Waals surface area contributed by atoms with Crippen molar-refractivity contribution in [2.24, 2.45) is 0 Å².